The number of allylic oxidation sites excluding steroid dienone is 4. The summed E-state index contributed by atoms with van der Waals surface area (Å²) < 4.78 is 10.2. The van der Waals surface area contributed by atoms with Gasteiger partial charge in [0.2, 0.25) is 0 Å². The molecule has 0 saturated heterocycles. The third-order valence-corrected chi connectivity index (χ3v) is 5.03. The zero-order valence-corrected chi connectivity index (χ0v) is 18.6. The molecule has 2 N–H and O–H groups in total. The van der Waals surface area contributed by atoms with E-state index < -0.39 is 11.7 Å². The molecule has 0 heterocycles. The van der Waals surface area contributed by atoms with E-state index in [-0.39, 0.29) is 5.97 Å². The van der Waals surface area contributed by atoms with Crippen molar-refractivity contribution in [2.45, 2.75) is 71.5 Å². The third kappa shape index (κ3) is 8.84. The number of ether oxygens (including phenoxy) is 2. The molecule has 0 aliphatic carbocycles. The third-order valence-electron chi connectivity index (χ3n) is 5.03. The topological polar surface area (TPSA) is 76.0 Å². The van der Waals surface area contributed by atoms with Crippen LogP contribution in [0.2, 0.25) is 0 Å². The highest BCUT2D eigenvalue weighted by atomic mass is 16.5. The number of carbonyl (C=O) groups excluding carboxylic acids is 1. The average Bonchev–Trinajstić information content (AvgIpc) is 2.68. The summed E-state index contributed by atoms with van der Waals surface area (Å²) in [4.78, 5) is 11.7. The molecule has 0 bridgehead atoms. The monoisotopic (exact) mass is 404 g/mol. The van der Waals surface area contributed by atoms with Gasteiger partial charge < -0.3 is 19.7 Å². The van der Waals surface area contributed by atoms with Crippen LogP contribution < -0.4 is 4.74 Å². The minimum atomic E-state index is -1.06. The van der Waals surface area contributed by atoms with Crippen molar-refractivity contribution < 1.29 is 24.5 Å². The van der Waals surface area contributed by atoms with E-state index in [2.05, 4.69) is 26.0 Å². The fraction of sp³-hybridized carbons (Fsp3) is 0.542. The predicted octanol–water partition coefficient (Wildman–Crippen LogP) is 4.61. The van der Waals surface area contributed by atoms with E-state index in [0.717, 1.165) is 30.6 Å². The SMILES string of the molecule is COC(=O)c1ccc(OC)c(C/C=C(\C)CC/C=C(\C)CCC(O)C(C)(C)O)c1. The Morgan fingerprint density at radius 2 is 1.79 bits per heavy atom. The summed E-state index contributed by atoms with van der Waals surface area (Å²) >= 11 is 0. The van der Waals surface area contributed by atoms with Crippen molar-refractivity contribution in [3.8, 4) is 5.75 Å². The second kappa shape index (κ2) is 11.8. The van der Waals surface area contributed by atoms with Crippen LogP contribution in [-0.4, -0.2) is 42.1 Å². The Hall–Kier alpha value is -2.11. The molecule has 1 aromatic carbocycles. The number of hydrogen-bond donors (Lipinski definition) is 2. The van der Waals surface area contributed by atoms with Crippen LogP contribution >= 0.6 is 0 Å². The van der Waals surface area contributed by atoms with E-state index in [0.29, 0.717) is 18.4 Å². The number of esters is 1. The molecule has 0 aliphatic rings. The van der Waals surface area contributed by atoms with Crippen LogP contribution in [0.3, 0.4) is 0 Å². The molecule has 1 unspecified atom stereocenters. The lowest BCUT2D eigenvalue weighted by Gasteiger charge is -2.24. The molecule has 1 aromatic rings. The van der Waals surface area contributed by atoms with Gasteiger partial charge in [0.25, 0.3) is 0 Å². The summed E-state index contributed by atoms with van der Waals surface area (Å²) in [5.41, 5.74) is 2.87. The molecule has 5 nitrogen and oxygen atoms in total. The molecule has 0 spiro atoms. The number of benzene rings is 1. The Labute approximate surface area is 175 Å². The molecular formula is C24H36O5. The highest BCUT2D eigenvalue weighted by Crippen LogP contribution is 2.22. The molecule has 0 fully saturated rings. The first-order valence-corrected chi connectivity index (χ1v) is 10.1. The van der Waals surface area contributed by atoms with Gasteiger partial charge in [-0.25, -0.2) is 4.79 Å². The first-order chi connectivity index (χ1) is 13.6. The zero-order valence-electron chi connectivity index (χ0n) is 18.6. The number of hydrogen-bond acceptors (Lipinski definition) is 5. The maximum Gasteiger partial charge on any atom is 0.337 e. The van der Waals surface area contributed by atoms with Crippen LogP contribution in [0, 0.1) is 0 Å². The van der Waals surface area contributed by atoms with Gasteiger partial charge in [-0.15, -0.1) is 0 Å². The highest BCUT2D eigenvalue weighted by molar-refractivity contribution is 5.89. The fourth-order valence-corrected chi connectivity index (χ4v) is 2.94. The van der Waals surface area contributed by atoms with Crippen molar-refractivity contribution >= 4 is 5.97 Å². The van der Waals surface area contributed by atoms with Gasteiger partial charge in [-0.1, -0.05) is 23.3 Å². The van der Waals surface area contributed by atoms with E-state index in [1.807, 2.05) is 6.07 Å². The van der Waals surface area contributed by atoms with Crippen molar-refractivity contribution in [3.05, 3.63) is 52.6 Å². The lowest BCUT2D eigenvalue weighted by Crippen LogP contribution is -2.35. The van der Waals surface area contributed by atoms with Crippen molar-refractivity contribution in [2.24, 2.45) is 0 Å². The van der Waals surface area contributed by atoms with Gasteiger partial charge in [-0.3, -0.25) is 0 Å². The zero-order chi connectivity index (χ0) is 22.0. The van der Waals surface area contributed by atoms with E-state index in [1.54, 1.807) is 33.1 Å². The standard InChI is InChI=1S/C24H36O5/c1-17(8-7-9-18(2)11-15-22(25)24(3,4)27)10-12-19-16-20(23(26)29-6)13-14-21(19)28-5/h9-10,13-14,16,22,25,27H,7-8,11-12,15H2,1-6H3/b17-10+,18-9+. The maximum absolute atomic E-state index is 11.7. The molecule has 0 aromatic heterocycles. The summed E-state index contributed by atoms with van der Waals surface area (Å²) in [6.45, 7) is 7.40. The van der Waals surface area contributed by atoms with Crippen LogP contribution in [0.4, 0.5) is 0 Å². The highest BCUT2D eigenvalue weighted by Gasteiger charge is 2.23. The smallest absolute Gasteiger partial charge is 0.337 e. The largest absolute Gasteiger partial charge is 0.496 e. The van der Waals surface area contributed by atoms with Gasteiger partial charge in [-0.05, 0) is 83.6 Å². The van der Waals surface area contributed by atoms with E-state index in [4.69, 9.17) is 9.47 Å². The second-order valence-electron chi connectivity index (χ2n) is 8.07. The van der Waals surface area contributed by atoms with Gasteiger partial charge >= 0.3 is 5.97 Å². The average molecular weight is 405 g/mol. The lowest BCUT2D eigenvalue weighted by molar-refractivity contribution is -0.0509. The molecular weight excluding hydrogens is 368 g/mol. The van der Waals surface area contributed by atoms with Crippen molar-refractivity contribution in [1.29, 1.82) is 0 Å². The second-order valence-corrected chi connectivity index (χ2v) is 8.07. The molecule has 0 amide bonds. The molecule has 1 rings (SSSR count). The molecule has 5 heteroatoms. The summed E-state index contributed by atoms with van der Waals surface area (Å²) in [5.74, 6) is 0.396. The number of rotatable bonds is 11. The van der Waals surface area contributed by atoms with Gasteiger partial charge in [0, 0.05) is 0 Å². The van der Waals surface area contributed by atoms with Gasteiger partial charge in [0.1, 0.15) is 5.75 Å². The maximum atomic E-state index is 11.7. The molecule has 0 saturated carbocycles. The number of aliphatic hydroxyl groups excluding tert-OH is 1. The van der Waals surface area contributed by atoms with Crippen LogP contribution in [-0.2, 0) is 11.2 Å². The molecule has 162 valence electrons. The normalized spacial score (nSPS) is 13.9. The summed E-state index contributed by atoms with van der Waals surface area (Å²) in [5, 5.41) is 19.7. The van der Waals surface area contributed by atoms with Gasteiger partial charge in [-0.2, -0.15) is 0 Å². The van der Waals surface area contributed by atoms with Crippen molar-refractivity contribution in [3.63, 3.8) is 0 Å². The van der Waals surface area contributed by atoms with Crippen LogP contribution in [0.5, 0.6) is 5.75 Å². The minimum absolute atomic E-state index is 0.357. The van der Waals surface area contributed by atoms with E-state index >= 15 is 0 Å². The number of aliphatic hydroxyl groups is 2. The van der Waals surface area contributed by atoms with Crippen molar-refractivity contribution in [2.75, 3.05) is 14.2 Å². The van der Waals surface area contributed by atoms with Crippen LogP contribution in [0.25, 0.3) is 0 Å². The molecule has 0 radical (unpaired) electrons. The Morgan fingerprint density at radius 1 is 1.14 bits per heavy atom. The predicted molar refractivity (Wildman–Crippen MR) is 116 cm³/mol. The van der Waals surface area contributed by atoms with Crippen LogP contribution in [0.15, 0.2) is 41.5 Å². The first kappa shape index (κ1) is 24.9. The van der Waals surface area contributed by atoms with Crippen molar-refractivity contribution in [1.82, 2.24) is 0 Å². The Kier molecular flexibility index (Phi) is 10.1. The summed E-state index contributed by atoms with van der Waals surface area (Å²) in [7, 11) is 2.99. The quantitative estimate of drug-likeness (QED) is 0.416. The molecule has 1 atom stereocenters. The minimum Gasteiger partial charge on any atom is -0.496 e. The first-order valence-electron chi connectivity index (χ1n) is 10.1. The van der Waals surface area contributed by atoms with Gasteiger partial charge in [0.05, 0.1) is 31.5 Å². The lowest BCUT2D eigenvalue weighted by atomic mass is 9.95. The molecule has 0 aliphatic heterocycles. The Bertz CT molecular complexity index is 725. The molecule has 29 heavy (non-hydrogen) atoms. The Balaban J connectivity index is 2.61. The summed E-state index contributed by atoms with van der Waals surface area (Å²) in [6, 6.07) is 5.30. The van der Waals surface area contributed by atoms with E-state index in [1.165, 1.54) is 18.3 Å². The van der Waals surface area contributed by atoms with E-state index in [9.17, 15) is 15.0 Å². The Morgan fingerprint density at radius 3 is 2.38 bits per heavy atom. The summed E-state index contributed by atoms with van der Waals surface area (Å²) in [6.07, 6.45) is 7.48. The number of methoxy groups -OCH3 is 2. The van der Waals surface area contributed by atoms with Gasteiger partial charge in [0.15, 0.2) is 0 Å². The fourth-order valence-electron chi connectivity index (χ4n) is 2.94. The van der Waals surface area contributed by atoms with Crippen LogP contribution in [0.1, 0.15) is 69.3 Å². The number of carbonyl (C=O) groups is 1.